The highest BCUT2D eigenvalue weighted by atomic mass is 19.1. The third kappa shape index (κ3) is 2.93. The summed E-state index contributed by atoms with van der Waals surface area (Å²) in [6, 6.07) is 5.00. The zero-order chi connectivity index (χ0) is 13.0. The molecule has 3 nitrogen and oxygen atoms in total. The van der Waals surface area contributed by atoms with Crippen LogP contribution in [0.1, 0.15) is 26.2 Å². The summed E-state index contributed by atoms with van der Waals surface area (Å²) >= 11 is 0. The fourth-order valence-electron chi connectivity index (χ4n) is 2.60. The first kappa shape index (κ1) is 13.1. The first-order chi connectivity index (χ1) is 8.74. The van der Waals surface area contributed by atoms with E-state index < -0.39 is 0 Å². The van der Waals surface area contributed by atoms with E-state index in [1.165, 1.54) is 25.0 Å². The quantitative estimate of drug-likeness (QED) is 0.847. The first-order valence-electron chi connectivity index (χ1n) is 6.63. The van der Waals surface area contributed by atoms with Crippen molar-refractivity contribution in [1.29, 1.82) is 0 Å². The van der Waals surface area contributed by atoms with E-state index in [1.807, 2.05) is 6.92 Å². The van der Waals surface area contributed by atoms with Gasteiger partial charge in [0.1, 0.15) is 11.6 Å². The molecular formula is C14H21FN2O. The number of nitrogens with one attached hydrogen (secondary N) is 1. The van der Waals surface area contributed by atoms with Crippen molar-refractivity contribution in [2.45, 2.75) is 32.2 Å². The highest BCUT2D eigenvalue weighted by molar-refractivity contribution is 5.57. The molecule has 0 saturated heterocycles. The van der Waals surface area contributed by atoms with Gasteiger partial charge in [-0.2, -0.15) is 0 Å². The number of nitrogens with two attached hydrogens (primary N) is 1. The van der Waals surface area contributed by atoms with Crippen LogP contribution in [-0.2, 0) is 0 Å². The molecule has 0 aliphatic heterocycles. The SMILES string of the molecule is CCOc1cc(F)ccc1NC1CCCC1CN. The van der Waals surface area contributed by atoms with Crippen LogP contribution in [0.25, 0.3) is 0 Å². The van der Waals surface area contributed by atoms with E-state index in [0.29, 0.717) is 30.9 Å². The second kappa shape index (κ2) is 6.05. The summed E-state index contributed by atoms with van der Waals surface area (Å²) in [5, 5.41) is 3.45. The van der Waals surface area contributed by atoms with E-state index in [9.17, 15) is 4.39 Å². The van der Waals surface area contributed by atoms with Gasteiger partial charge in [-0.3, -0.25) is 0 Å². The van der Waals surface area contributed by atoms with Gasteiger partial charge in [0.25, 0.3) is 0 Å². The van der Waals surface area contributed by atoms with Crippen molar-refractivity contribution in [3.8, 4) is 5.75 Å². The number of ether oxygens (including phenoxy) is 1. The van der Waals surface area contributed by atoms with E-state index in [-0.39, 0.29) is 5.82 Å². The van der Waals surface area contributed by atoms with Gasteiger partial charge in [0.2, 0.25) is 0 Å². The third-order valence-corrected chi connectivity index (χ3v) is 3.55. The monoisotopic (exact) mass is 252 g/mol. The summed E-state index contributed by atoms with van der Waals surface area (Å²) in [5.41, 5.74) is 6.63. The molecule has 18 heavy (non-hydrogen) atoms. The molecule has 1 saturated carbocycles. The van der Waals surface area contributed by atoms with E-state index in [2.05, 4.69) is 5.32 Å². The van der Waals surface area contributed by atoms with Gasteiger partial charge in [0, 0.05) is 12.1 Å². The van der Waals surface area contributed by atoms with Gasteiger partial charge >= 0.3 is 0 Å². The Labute approximate surface area is 108 Å². The van der Waals surface area contributed by atoms with Crippen LogP contribution in [0.3, 0.4) is 0 Å². The predicted octanol–water partition coefficient (Wildman–Crippen LogP) is 2.76. The van der Waals surface area contributed by atoms with E-state index >= 15 is 0 Å². The number of hydrogen-bond donors (Lipinski definition) is 2. The Kier molecular flexibility index (Phi) is 4.42. The van der Waals surface area contributed by atoms with Gasteiger partial charge in [-0.15, -0.1) is 0 Å². The number of benzene rings is 1. The molecule has 1 aromatic rings. The lowest BCUT2D eigenvalue weighted by Crippen LogP contribution is -2.29. The smallest absolute Gasteiger partial charge is 0.145 e. The van der Waals surface area contributed by atoms with E-state index in [1.54, 1.807) is 6.07 Å². The lowest BCUT2D eigenvalue weighted by atomic mass is 10.0. The summed E-state index contributed by atoms with van der Waals surface area (Å²) in [7, 11) is 0. The standard InChI is InChI=1S/C14H21FN2O/c1-2-18-14-8-11(15)6-7-13(14)17-12-5-3-4-10(12)9-16/h6-8,10,12,17H,2-5,9,16H2,1H3. The fourth-order valence-corrected chi connectivity index (χ4v) is 2.60. The van der Waals surface area contributed by atoms with Crippen molar-refractivity contribution >= 4 is 5.69 Å². The molecule has 2 rings (SSSR count). The molecule has 0 heterocycles. The summed E-state index contributed by atoms with van der Waals surface area (Å²) in [4.78, 5) is 0. The molecule has 3 N–H and O–H groups in total. The second-order valence-electron chi connectivity index (χ2n) is 4.75. The number of rotatable bonds is 5. The third-order valence-electron chi connectivity index (χ3n) is 3.55. The van der Waals surface area contributed by atoms with Crippen LogP contribution in [0.5, 0.6) is 5.75 Å². The molecule has 1 aromatic carbocycles. The predicted molar refractivity (Wildman–Crippen MR) is 71.4 cm³/mol. The normalized spacial score (nSPS) is 23.1. The maximum atomic E-state index is 13.2. The molecule has 1 aliphatic carbocycles. The summed E-state index contributed by atoms with van der Waals surface area (Å²) in [6.45, 7) is 3.12. The molecular weight excluding hydrogens is 231 g/mol. The van der Waals surface area contributed by atoms with E-state index in [4.69, 9.17) is 10.5 Å². The molecule has 0 aromatic heterocycles. The fraction of sp³-hybridized carbons (Fsp3) is 0.571. The Balaban J connectivity index is 2.12. The highest BCUT2D eigenvalue weighted by Crippen LogP contribution is 2.32. The lowest BCUT2D eigenvalue weighted by Gasteiger charge is -2.22. The van der Waals surface area contributed by atoms with Crippen LogP contribution in [-0.4, -0.2) is 19.2 Å². The van der Waals surface area contributed by atoms with Crippen molar-refractivity contribution in [2.24, 2.45) is 11.7 Å². The van der Waals surface area contributed by atoms with Crippen molar-refractivity contribution in [2.75, 3.05) is 18.5 Å². The first-order valence-corrected chi connectivity index (χ1v) is 6.63. The number of anilines is 1. The molecule has 100 valence electrons. The minimum absolute atomic E-state index is 0.272. The molecule has 2 unspecified atom stereocenters. The summed E-state index contributed by atoms with van der Waals surface area (Å²) in [6.07, 6.45) is 3.48. The molecule has 0 radical (unpaired) electrons. The molecule has 1 aliphatic rings. The Hall–Kier alpha value is -1.29. The minimum Gasteiger partial charge on any atom is -0.492 e. The Bertz CT molecular complexity index is 397. The van der Waals surface area contributed by atoms with Crippen molar-refractivity contribution in [3.05, 3.63) is 24.0 Å². The van der Waals surface area contributed by atoms with Crippen molar-refractivity contribution in [3.63, 3.8) is 0 Å². The average Bonchev–Trinajstić information content (AvgIpc) is 2.80. The summed E-state index contributed by atoms with van der Waals surface area (Å²) < 4.78 is 18.7. The van der Waals surface area contributed by atoms with Crippen LogP contribution in [0, 0.1) is 11.7 Å². The van der Waals surface area contributed by atoms with Gasteiger partial charge in [0.05, 0.1) is 12.3 Å². The zero-order valence-corrected chi connectivity index (χ0v) is 10.8. The Morgan fingerprint density at radius 1 is 1.44 bits per heavy atom. The number of halogens is 1. The molecule has 1 fully saturated rings. The number of hydrogen-bond acceptors (Lipinski definition) is 3. The van der Waals surface area contributed by atoms with Crippen molar-refractivity contribution < 1.29 is 9.13 Å². The molecule has 0 amide bonds. The second-order valence-corrected chi connectivity index (χ2v) is 4.75. The molecule has 0 bridgehead atoms. The van der Waals surface area contributed by atoms with Crippen LogP contribution in [0.15, 0.2) is 18.2 Å². The topological polar surface area (TPSA) is 47.3 Å². The average molecular weight is 252 g/mol. The van der Waals surface area contributed by atoms with Crippen LogP contribution < -0.4 is 15.8 Å². The van der Waals surface area contributed by atoms with E-state index in [0.717, 1.165) is 12.1 Å². The molecule has 0 spiro atoms. The van der Waals surface area contributed by atoms with Gasteiger partial charge < -0.3 is 15.8 Å². The van der Waals surface area contributed by atoms with Crippen LogP contribution in [0.4, 0.5) is 10.1 Å². The zero-order valence-electron chi connectivity index (χ0n) is 10.8. The van der Waals surface area contributed by atoms with Gasteiger partial charge in [-0.25, -0.2) is 4.39 Å². The highest BCUT2D eigenvalue weighted by Gasteiger charge is 2.26. The lowest BCUT2D eigenvalue weighted by molar-refractivity contribution is 0.339. The van der Waals surface area contributed by atoms with Gasteiger partial charge in [-0.1, -0.05) is 6.42 Å². The summed E-state index contributed by atoms with van der Waals surface area (Å²) in [5.74, 6) is 0.815. The molecule has 2 atom stereocenters. The Morgan fingerprint density at radius 3 is 3.00 bits per heavy atom. The Morgan fingerprint density at radius 2 is 2.28 bits per heavy atom. The van der Waals surface area contributed by atoms with Crippen LogP contribution in [0.2, 0.25) is 0 Å². The van der Waals surface area contributed by atoms with Crippen molar-refractivity contribution in [1.82, 2.24) is 0 Å². The van der Waals surface area contributed by atoms with Gasteiger partial charge in [0.15, 0.2) is 0 Å². The maximum Gasteiger partial charge on any atom is 0.145 e. The van der Waals surface area contributed by atoms with Gasteiger partial charge in [-0.05, 0) is 44.4 Å². The maximum absolute atomic E-state index is 13.2. The largest absolute Gasteiger partial charge is 0.492 e. The molecule has 4 heteroatoms. The van der Waals surface area contributed by atoms with Crippen LogP contribution >= 0.6 is 0 Å². The minimum atomic E-state index is -0.272.